The predicted molar refractivity (Wildman–Crippen MR) is 60.4 cm³/mol. The number of nitrogens with one attached hydrogen (secondary N) is 1. The van der Waals surface area contributed by atoms with Crippen LogP contribution >= 0.6 is 0 Å². The fourth-order valence-electron chi connectivity index (χ4n) is 2.92. The van der Waals surface area contributed by atoms with Crippen molar-refractivity contribution in [3.8, 4) is 0 Å². The molecule has 16 heavy (non-hydrogen) atoms. The normalized spacial score (nSPS) is 30.4. The molecule has 0 amide bonds. The predicted octanol–water partition coefficient (Wildman–Crippen LogP) is 1.54. The molecule has 2 atom stereocenters. The zero-order chi connectivity index (χ0) is 11.6. The first-order valence-electron chi connectivity index (χ1n) is 6.27. The van der Waals surface area contributed by atoms with Crippen LogP contribution in [0.15, 0.2) is 0 Å². The van der Waals surface area contributed by atoms with E-state index in [-0.39, 0.29) is 12.1 Å². The molecule has 0 spiro atoms. The summed E-state index contributed by atoms with van der Waals surface area (Å²) in [6.07, 6.45) is 5.85. The van der Waals surface area contributed by atoms with E-state index >= 15 is 0 Å². The van der Waals surface area contributed by atoms with Gasteiger partial charge in [-0.05, 0) is 32.6 Å². The average Bonchev–Trinajstić information content (AvgIpc) is 2.88. The fraction of sp³-hybridized carbons (Fsp3) is 0.917. The summed E-state index contributed by atoms with van der Waals surface area (Å²) in [5, 5.41) is 12.7. The maximum atomic E-state index is 11.4. The molecule has 0 radical (unpaired) electrons. The molecule has 2 aliphatic rings. The molecule has 2 fully saturated rings. The number of carboxylic acids is 1. The third-order valence-electron chi connectivity index (χ3n) is 3.89. The molecule has 0 aromatic rings. The standard InChI is InChI=1S/C12H21NO3/c1-9(10-5-4-8-16-10)13-12(11(14)15)6-2-3-7-12/h9-10,13H,2-8H2,1H3,(H,14,15). The van der Waals surface area contributed by atoms with Gasteiger partial charge in [-0.15, -0.1) is 0 Å². The van der Waals surface area contributed by atoms with E-state index in [1.165, 1.54) is 0 Å². The van der Waals surface area contributed by atoms with Crippen molar-refractivity contribution in [1.82, 2.24) is 5.32 Å². The van der Waals surface area contributed by atoms with Crippen LogP contribution in [0.1, 0.15) is 45.4 Å². The molecule has 92 valence electrons. The lowest BCUT2D eigenvalue weighted by molar-refractivity contribution is -0.145. The van der Waals surface area contributed by atoms with Crippen LogP contribution in [0.5, 0.6) is 0 Å². The second-order valence-electron chi connectivity index (χ2n) is 5.08. The van der Waals surface area contributed by atoms with E-state index in [9.17, 15) is 9.90 Å². The molecule has 2 N–H and O–H groups in total. The topological polar surface area (TPSA) is 58.6 Å². The second-order valence-corrected chi connectivity index (χ2v) is 5.08. The third kappa shape index (κ3) is 2.23. The molecule has 0 aromatic heterocycles. The van der Waals surface area contributed by atoms with Gasteiger partial charge in [-0.25, -0.2) is 0 Å². The Hall–Kier alpha value is -0.610. The minimum atomic E-state index is -0.699. The average molecular weight is 227 g/mol. The maximum absolute atomic E-state index is 11.4. The third-order valence-corrected chi connectivity index (χ3v) is 3.89. The van der Waals surface area contributed by atoms with Gasteiger partial charge in [-0.1, -0.05) is 12.8 Å². The quantitative estimate of drug-likeness (QED) is 0.765. The monoisotopic (exact) mass is 227 g/mol. The Bertz CT molecular complexity index is 255. The summed E-state index contributed by atoms with van der Waals surface area (Å²) in [5.41, 5.74) is -0.689. The van der Waals surface area contributed by atoms with Gasteiger partial charge in [0.25, 0.3) is 0 Å². The van der Waals surface area contributed by atoms with Gasteiger partial charge in [0.15, 0.2) is 0 Å². The Labute approximate surface area is 96.4 Å². The summed E-state index contributed by atoms with van der Waals surface area (Å²) in [4.78, 5) is 11.4. The van der Waals surface area contributed by atoms with Crippen LogP contribution < -0.4 is 5.32 Å². The number of carbonyl (C=O) groups is 1. The van der Waals surface area contributed by atoms with Crippen LogP contribution in [0.3, 0.4) is 0 Å². The largest absolute Gasteiger partial charge is 0.480 e. The molecule has 4 nitrogen and oxygen atoms in total. The molecule has 4 heteroatoms. The van der Waals surface area contributed by atoms with Crippen LogP contribution in [0.4, 0.5) is 0 Å². The van der Waals surface area contributed by atoms with E-state index in [0.29, 0.717) is 0 Å². The molecular formula is C12H21NO3. The summed E-state index contributed by atoms with van der Waals surface area (Å²) in [6, 6.07) is 0.136. The Morgan fingerprint density at radius 2 is 2.12 bits per heavy atom. The van der Waals surface area contributed by atoms with Gasteiger partial charge >= 0.3 is 5.97 Å². The lowest BCUT2D eigenvalue weighted by Crippen LogP contribution is -2.56. The SMILES string of the molecule is CC(NC1(C(=O)O)CCCC1)C1CCCO1. The van der Waals surface area contributed by atoms with E-state index in [2.05, 4.69) is 5.32 Å². The van der Waals surface area contributed by atoms with Crippen molar-refractivity contribution in [2.24, 2.45) is 0 Å². The highest BCUT2D eigenvalue weighted by molar-refractivity contribution is 5.79. The van der Waals surface area contributed by atoms with Gasteiger partial charge in [-0.3, -0.25) is 10.1 Å². The minimum Gasteiger partial charge on any atom is -0.480 e. The highest BCUT2D eigenvalue weighted by Crippen LogP contribution is 2.31. The Morgan fingerprint density at radius 1 is 1.44 bits per heavy atom. The van der Waals surface area contributed by atoms with Gasteiger partial charge in [-0.2, -0.15) is 0 Å². The molecule has 0 aromatic carbocycles. The maximum Gasteiger partial charge on any atom is 0.323 e. The summed E-state index contributed by atoms with van der Waals surface area (Å²) >= 11 is 0. The van der Waals surface area contributed by atoms with E-state index in [4.69, 9.17) is 4.74 Å². The minimum absolute atomic E-state index is 0.136. The number of carboxylic acid groups (broad SMARTS) is 1. The van der Waals surface area contributed by atoms with E-state index in [1.54, 1.807) is 0 Å². The summed E-state index contributed by atoms with van der Waals surface area (Å²) in [6.45, 7) is 2.86. The van der Waals surface area contributed by atoms with Gasteiger partial charge in [0.1, 0.15) is 5.54 Å². The van der Waals surface area contributed by atoms with Gasteiger partial charge in [0.2, 0.25) is 0 Å². The lowest BCUT2D eigenvalue weighted by Gasteiger charge is -2.31. The smallest absolute Gasteiger partial charge is 0.323 e. The van der Waals surface area contributed by atoms with Crippen molar-refractivity contribution in [3.63, 3.8) is 0 Å². The Kier molecular flexibility index (Phi) is 3.50. The molecule has 2 rings (SSSR count). The van der Waals surface area contributed by atoms with Crippen molar-refractivity contribution < 1.29 is 14.6 Å². The molecule has 1 heterocycles. The molecule has 0 bridgehead atoms. The van der Waals surface area contributed by atoms with E-state index < -0.39 is 11.5 Å². The number of aliphatic carboxylic acids is 1. The van der Waals surface area contributed by atoms with Crippen molar-refractivity contribution in [3.05, 3.63) is 0 Å². The highest BCUT2D eigenvalue weighted by atomic mass is 16.5. The number of hydrogen-bond acceptors (Lipinski definition) is 3. The number of ether oxygens (including phenoxy) is 1. The number of hydrogen-bond donors (Lipinski definition) is 2. The van der Waals surface area contributed by atoms with E-state index in [0.717, 1.165) is 45.1 Å². The highest BCUT2D eigenvalue weighted by Gasteiger charge is 2.43. The first kappa shape index (κ1) is 11.9. The van der Waals surface area contributed by atoms with Crippen molar-refractivity contribution in [1.29, 1.82) is 0 Å². The van der Waals surface area contributed by atoms with Crippen molar-refractivity contribution in [2.75, 3.05) is 6.61 Å². The van der Waals surface area contributed by atoms with E-state index in [1.807, 2.05) is 6.92 Å². The first-order valence-corrected chi connectivity index (χ1v) is 6.27. The molecule has 1 aliphatic heterocycles. The zero-order valence-corrected chi connectivity index (χ0v) is 9.87. The van der Waals surface area contributed by atoms with Crippen molar-refractivity contribution in [2.45, 2.75) is 63.1 Å². The van der Waals surface area contributed by atoms with Crippen LogP contribution in [0.2, 0.25) is 0 Å². The molecule has 2 unspecified atom stereocenters. The number of rotatable bonds is 4. The summed E-state index contributed by atoms with van der Waals surface area (Å²) in [5.74, 6) is -0.699. The fourth-order valence-corrected chi connectivity index (χ4v) is 2.92. The first-order chi connectivity index (χ1) is 7.64. The zero-order valence-electron chi connectivity index (χ0n) is 9.87. The molecule has 1 aliphatic carbocycles. The van der Waals surface area contributed by atoms with Crippen molar-refractivity contribution >= 4 is 5.97 Å². The molecular weight excluding hydrogens is 206 g/mol. The Morgan fingerprint density at radius 3 is 2.62 bits per heavy atom. The lowest BCUT2D eigenvalue weighted by atomic mass is 9.95. The summed E-state index contributed by atoms with van der Waals surface area (Å²) < 4.78 is 5.59. The van der Waals surface area contributed by atoms with Crippen LogP contribution in [-0.2, 0) is 9.53 Å². The summed E-state index contributed by atoms with van der Waals surface area (Å²) in [7, 11) is 0. The molecule has 1 saturated heterocycles. The van der Waals surface area contributed by atoms with Gasteiger partial charge in [0, 0.05) is 12.6 Å². The molecule has 1 saturated carbocycles. The van der Waals surface area contributed by atoms with Crippen LogP contribution in [-0.4, -0.2) is 35.4 Å². The van der Waals surface area contributed by atoms with Crippen LogP contribution in [0, 0.1) is 0 Å². The Balaban J connectivity index is 1.97. The van der Waals surface area contributed by atoms with Gasteiger partial charge in [0.05, 0.1) is 6.10 Å². The van der Waals surface area contributed by atoms with Gasteiger partial charge < -0.3 is 9.84 Å². The second kappa shape index (κ2) is 4.72. The van der Waals surface area contributed by atoms with Crippen LogP contribution in [0.25, 0.3) is 0 Å².